The molecule has 0 saturated heterocycles. The Bertz CT molecular complexity index is 878. The summed E-state index contributed by atoms with van der Waals surface area (Å²) >= 11 is 0. The second-order valence-corrected chi connectivity index (χ2v) is 9.34. The van der Waals surface area contributed by atoms with Crippen LogP contribution in [0.1, 0.15) is 94.7 Å². The Hall–Kier alpha value is -2.81. The Labute approximate surface area is 213 Å². The largest absolute Gasteiger partial charge is 0.494 e. The van der Waals surface area contributed by atoms with Crippen LogP contribution in [-0.2, 0) is 16.0 Å². The van der Waals surface area contributed by atoms with E-state index in [1.165, 1.54) is 68.1 Å². The highest BCUT2D eigenvalue weighted by Crippen LogP contribution is 2.16. The molecule has 2 aromatic rings. The molecule has 3 nitrogen and oxygen atoms in total. The summed E-state index contributed by atoms with van der Waals surface area (Å²) < 4.78 is 11.0. The van der Waals surface area contributed by atoms with Crippen molar-refractivity contribution in [2.75, 3.05) is 13.2 Å². The van der Waals surface area contributed by atoms with E-state index in [1.54, 1.807) is 6.92 Å². The Kier molecular flexibility index (Phi) is 14.3. The van der Waals surface area contributed by atoms with Gasteiger partial charge in [0.2, 0.25) is 0 Å². The highest BCUT2D eigenvalue weighted by Gasteiger charge is 2.02. The molecule has 190 valence electrons. The first kappa shape index (κ1) is 28.4. The van der Waals surface area contributed by atoms with Crippen molar-refractivity contribution in [3.63, 3.8) is 0 Å². The third kappa shape index (κ3) is 13.0. The predicted octanol–water partition coefficient (Wildman–Crippen LogP) is 8.82. The van der Waals surface area contributed by atoms with Gasteiger partial charge in [-0.1, -0.05) is 107 Å². The van der Waals surface area contributed by atoms with Gasteiger partial charge in [0, 0.05) is 5.57 Å². The average molecular weight is 477 g/mol. The third-order valence-electron chi connectivity index (χ3n) is 6.04. The SMILES string of the molecule is C=C(C)C(=O)OCCCCCCCCCCOc1ccc(/C=C/c2ccc(CCCC)cc2)cc1. The van der Waals surface area contributed by atoms with Crippen LogP contribution in [0.25, 0.3) is 12.2 Å². The maximum Gasteiger partial charge on any atom is 0.333 e. The highest BCUT2D eigenvalue weighted by molar-refractivity contribution is 5.86. The molecule has 0 atom stereocenters. The van der Waals surface area contributed by atoms with Crippen molar-refractivity contribution >= 4 is 18.1 Å². The van der Waals surface area contributed by atoms with E-state index in [0.29, 0.717) is 12.2 Å². The molecule has 0 saturated carbocycles. The third-order valence-corrected chi connectivity index (χ3v) is 6.04. The van der Waals surface area contributed by atoms with Crippen molar-refractivity contribution < 1.29 is 14.3 Å². The molecule has 0 fully saturated rings. The van der Waals surface area contributed by atoms with E-state index in [2.05, 4.69) is 74.2 Å². The number of esters is 1. The van der Waals surface area contributed by atoms with Crippen molar-refractivity contribution in [1.82, 2.24) is 0 Å². The number of benzene rings is 2. The van der Waals surface area contributed by atoms with Gasteiger partial charge in [0.05, 0.1) is 13.2 Å². The van der Waals surface area contributed by atoms with E-state index < -0.39 is 0 Å². The van der Waals surface area contributed by atoms with Crippen LogP contribution in [0.3, 0.4) is 0 Å². The maximum atomic E-state index is 11.3. The molecule has 0 unspecified atom stereocenters. The van der Waals surface area contributed by atoms with Gasteiger partial charge in [0.1, 0.15) is 5.75 Å². The van der Waals surface area contributed by atoms with Gasteiger partial charge >= 0.3 is 5.97 Å². The first-order valence-corrected chi connectivity index (χ1v) is 13.4. The predicted molar refractivity (Wildman–Crippen MR) is 149 cm³/mol. The average Bonchev–Trinajstić information content (AvgIpc) is 2.88. The standard InChI is InChI=1S/C32H44O3/c1-4-5-14-28-15-17-29(18-16-28)19-20-30-21-23-31(24-22-30)34-25-12-10-8-6-7-9-11-13-26-35-32(33)27(2)3/h15-24H,2,4-14,25-26H2,1,3H3/b20-19+. The summed E-state index contributed by atoms with van der Waals surface area (Å²) in [5.74, 6) is 0.661. The number of aryl methyl sites for hydroxylation is 1. The smallest absolute Gasteiger partial charge is 0.333 e. The van der Waals surface area contributed by atoms with Crippen LogP contribution in [0.5, 0.6) is 5.75 Å². The van der Waals surface area contributed by atoms with Crippen LogP contribution in [0, 0.1) is 0 Å². The summed E-state index contributed by atoms with van der Waals surface area (Å²) in [5, 5.41) is 0. The summed E-state index contributed by atoms with van der Waals surface area (Å²) in [7, 11) is 0. The van der Waals surface area contributed by atoms with Gasteiger partial charge in [-0.2, -0.15) is 0 Å². The fourth-order valence-electron chi connectivity index (χ4n) is 3.79. The molecule has 0 spiro atoms. The maximum absolute atomic E-state index is 11.3. The number of carbonyl (C=O) groups is 1. The molecule has 0 heterocycles. The molecule has 0 aliphatic carbocycles. The van der Waals surface area contributed by atoms with E-state index in [-0.39, 0.29) is 5.97 Å². The van der Waals surface area contributed by atoms with Crippen molar-refractivity contribution in [2.24, 2.45) is 0 Å². The molecule has 0 bridgehead atoms. The first-order chi connectivity index (χ1) is 17.1. The molecule has 0 aliphatic rings. The molecule has 35 heavy (non-hydrogen) atoms. The molecule has 0 aliphatic heterocycles. The lowest BCUT2D eigenvalue weighted by Crippen LogP contribution is -2.05. The van der Waals surface area contributed by atoms with Gasteiger partial charge in [-0.25, -0.2) is 4.79 Å². The summed E-state index contributed by atoms with van der Waals surface area (Å²) in [6, 6.07) is 17.2. The Morgan fingerprint density at radius 2 is 1.26 bits per heavy atom. The minimum atomic E-state index is -0.279. The van der Waals surface area contributed by atoms with Crippen LogP contribution >= 0.6 is 0 Å². The lowest BCUT2D eigenvalue weighted by atomic mass is 10.1. The quantitative estimate of drug-likeness (QED) is 0.0933. The zero-order valence-electron chi connectivity index (χ0n) is 21.9. The van der Waals surface area contributed by atoms with E-state index in [1.807, 2.05) is 0 Å². The molecule has 0 amide bonds. The van der Waals surface area contributed by atoms with E-state index >= 15 is 0 Å². The van der Waals surface area contributed by atoms with Crippen molar-refractivity contribution in [2.45, 2.75) is 84.5 Å². The summed E-state index contributed by atoms with van der Waals surface area (Å²) in [6.07, 6.45) is 17.3. The highest BCUT2D eigenvalue weighted by atomic mass is 16.5. The van der Waals surface area contributed by atoms with E-state index in [9.17, 15) is 4.79 Å². The number of rotatable bonds is 18. The minimum Gasteiger partial charge on any atom is -0.494 e. The van der Waals surface area contributed by atoms with Crippen LogP contribution in [-0.4, -0.2) is 19.2 Å². The fourth-order valence-corrected chi connectivity index (χ4v) is 3.79. The lowest BCUT2D eigenvalue weighted by Gasteiger charge is -2.07. The lowest BCUT2D eigenvalue weighted by molar-refractivity contribution is -0.139. The zero-order valence-corrected chi connectivity index (χ0v) is 21.9. The Morgan fingerprint density at radius 1 is 0.743 bits per heavy atom. The van der Waals surface area contributed by atoms with Gasteiger partial charge < -0.3 is 9.47 Å². The molecular weight excluding hydrogens is 432 g/mol. The molecule has 2 aromatic carbocycles. The second-order valence-electron chi connectivity index (χ2n) is 9.34. The zero-order chi connectivity index (χ0) is 25.1. The summed E-state index contributed by atoms with van der Waals surface area (Å²) in [5.41, 5.74) is 4.30. The normalized spacial score (nSPS) is 11.0. The van der Waals surface area contributed by atoms with Gasteiger partial charge in [0.15, 0.2) is 0 Å². The minimum absolute atomic E-state index is 0.279. The van der Waals surface area contributed by atoms with Crippen LogP contribution < -0.4 is 4.74 Å². The number of unbranched alkanes of at least 4 members (excludes halogenated alkanes) is 8. The molecule has 2 rings (SSSR count). The number of ether oxygens (including phenoxy) is 2. The van der Waals surface area contributed by atoms with Crippen molar-refractivity contribution in [3.05, 3.63) is 77.4 Å². The van der Waals surface area contributed by atoms with Crippen LogP contribution in [0.15, 0.2) is 60.7 Å². The molecular formula is C32H44O3. The molecule has 0 aromatic heterocycles. The number of hydrogen-bond acceptors (Lipinski definition) is 3. The Morgan fingerprint density at radius 3 is 1.80 bits per heavy atom. The van der Waals surface area contributed by atoms with Crippen LogP contribution in [0.2, 0.25) is 0 Å². The van der Waals surface area contributed by atoms with Crippen LogP contribution in [0.4, 0.5) is 0 Å². The van der Waals surface area contributed by atoms with E-state index in [4.69, 9.17) is 9.47 Å². The van der Waals surface area contributed by atoms with Crippen molar-refractivity contribution in [1.29, 1.82) is 0 Å². The molecule has 0 radical (unpaired) electrons. The molecule has 3 heteroatoms. The topological polar surface area (TPSA) is 35.5 Å². The Balaban J connectivity index is 1.50. The van der Waals surface area contributed by atoms with Gasteiger partial charge in [0.25, 0.3) is 0 Å². The number of hydrogen-bond donors (Lipinski definition) is 0. The molecule has 0 N–H and O–H groups in total. The summed E-state index contributed by atoms with van der Waals surface area (Å²) in [6.45, 7) is 8.77. The monoisotopic (exact) mass is 476 g/mol. The fraction of sp³-hybridized carbons (Fsp3) is 0.469. The van der Waals surface area contributed by atoms with Crippen molar-refractivity contribution in [3.8, 4) is 5.75 Å². The van der Waals surface area contributed by atoms with E-state index in [0.717, 1.165) is 31.6 Å². The number of carbonyl (C=O) groups excluding carboxylic acids is 1. The van der Waals surface area contributed by atoms with Gasteiger partial charge in [-0.3, -0.25) is 0 Å². The van der Waals surface area contributed by atoms with Gasteiger partial charge in [-0.15, -0.1) is 0 Å². The first-order valence-electron chi connectivity index (χ1n) is 13.4. The summed E-state index contributed by atoms with van der Waals surface area (Å²) in [4.78, 5) is 11.3. The second kappa shape index (κ2) is 17.6. The van der Waals surface area contributed by atoms with Gasteiger partial charge in [-0.05, 0) is 61.4 Å².